The van der Waals surface area contributed by atoms with Gasteiger partial charge in [-0.15, -0.1) is 0 Å². The summed E-state index contributed by atoms with van der Waals surface area (Å²) in [7, 11) is 0. The fourth-order valence-corrected chi connectivity index (χ4v) is 2.69. The summed E-state index contributed by atoms with van der Waals surface area (Å²) in [5.41, 5.74) is 4.97. The molecule has 0 radical (unpaired) electrons. The summed E-state index contributed by atoms with van der Waals surface area (Å²) >= 11 is 0. The highest BCUT2D eigenvalue weighted by Crippen LogP contribution is 2.24. The van der Waals surface area contributed by atoms with Crippen LogP contribution in [0.15, 0.2) is 66.9 Å². The number of aryl methyl sites for hydroxylation is 1. The van der Waals surface area contributed by atoms with Crippen molar-refractivity contribution in [3.63, 3.8) is 0 Å². The average molecular weight is 332 g/mol. The first kappa shape index (κ1) is 16.7. The van der Waals surface area contributed by atoms with Crippen LogP contribution in [0.25, 0.3) is 17.3 Å². The van der Waals surface area contributed by atoms with Crippen molar-refractivity contribution >= 4 is 12.0 Å². The summed E-state index contributed by atoms with van der Waals surface area (Å²) in [6.45, 7) is 2.76. The van der Waals surface area contributed by atoms with Crippen LogP contribution >= 0.6 is 0 Å². The van der Waals surface area contributed by atoms with Gasteiger partial charge in [-0.05, 0) is 23.6 Å². The molecule has 1 aromatic heterocycles. The Morgan fingerprint density at radius 2 is 1.80 bits per heavy atom. The number of rotatable bonds is 6. The van der Waals surface area contributed by atoms with Crippen LogP contribution in [0.5, 0.6) is 0 Å². The lowest BCUT2D eigenvalue weighted by atomic mass is 10.0. The molecule has 2 aromatic carbocycles. The number of aliphatic carboxylic acids is 1. The molecule has 4 heteroatoms. The van der Waals surface area contributed by atoms with E-state index in [-0.39, 0.29) is 0 Å². The molecule has 4 nitrogen and oxygen atoms in total. The van der Waals surface area contributed by atoms with Crippen molar-refractivity contribution in [2.24, 2.45) is 0 Å². The van der Waals surface area contributed by atoms with Crippen LogP contribution in [0.4, 0.5) is 0 Å². The molecule has 0 aliphatic carbocycles. The maximum atomic E-state index is 10.9. The van der Waals surface area contributed by atoms with Crippen LogP contribution in [0.2, 0.25) is 0 Å². The third kappa shape index (κ3) is 4.23. The lowest BCUT2D eigenvalue weighted by Gasteiger charge is -2.02. The molecule has 3 aromatic rings. The number of carboxylic acids is 1. The molecule has 0 saturated carbocycles. The summed E-state index contributed by atoms with van der Waals surface area (Å²) in [4.78, 5) is 10.9. The fraction of sp³-hybridized carbons (Fsp3) is 0.143. The average Bonchev–Trinajstić information content (AvgIpc) is 3.03. The Bertz CT molecular complexity index is 878. The number of carbonyl (C=O) groups is 1. The normalized spacial score (nSPS) is 11.1. The van der Waals surface area contributed by atoms with Gasteiger partial charge in [0.1, 0.15) is 0 Å². The van der Waals surface area contributed by atoms with Crippen molar-refractivity contribution in [3.8, 4) is 11.3 Å². The smallest absolute Gasteiger partial charge is 0.328 e. The zero-order valence-corrected chi connectivity index (χ0v) is 14.1. The summed E-state index contributed by atoms with van der Waals surface area (Å²) < 4.78 is 1.85. The highest BCUT2D eigenvalue weighted by molar-refractivity contribution is 5.87. The van der Waals surface area contributed by atoms with Gasteiger partial charge < -0.3 is 5.11 Å². The van der Waals surface area contributed by atoms with Gasteiger partial charge in [-0.1, -0.05) is 61.5 Å². The Morgan fingerprint density at radius 3 is 2.44 bits per heavy atom. The Labute approximate surface area is 147 Å². The summed E-state index contributed by atoms with van der Waals surface area (Å²) in [6.07, 6.45) is 5.61. The van der Waals surface area contributed by atoms with Crippen LogP contribution in [0.1, 0.15) is 23.6 Å². The topological polar surface area (TPSA) is 55.1 Å². The van der Waals surface area contributed by atoms with Crippen molar-refractivity contribution in [1.29, 1.82) is 0 Å². The first-order chi connectivity index (χ1) is 12.2. The predicted octanol–water partition coefficient (Wildman–Crippen LogP) is 4.26. The van der Waals surface area contributed by atoms with Crippen LogP contribution in [-0.2, 0) is 17.8 Å². The number of hydrogen-bond acceptors (Lipinski definition) is 2. The second kappa shape index (κ2) is 7.62. The van der Waals surface area contributed by atoms with Crippen LogP contribution in [0.3, 0.4) is 0 Å². The minimum atomic E-state index is -0.969. The lowest BCUT2D eigenvalue weighted by Crippen LogP contribution is -2.00. The second-order valence-electron chi connectivity index (χ2n) is 5.84. The van der Waals surface area contributed by atoms with E-state index in [1.54, 1.807) is 6.08 Å². The van der Waals surface area contributed by atoms with E-state index < -0.39 is 5.97 Å². The van der Waals surface area contributed by atoms with E-state index in [4.69, 9.17) is 5.11 Å². The Kier molecular flexibility index (Phi) is 5.09. The highest BCUT2D eigenvalue weighted by atomic mass is 16.4. The van der Waals surface area contributed by atoms with E-state index in [0.717, 1.165) is 34.9 Å². The molecule has 0 aliphatic rings. The van der Waals surface area contributed by atoms with Gasteiger partial charge in [0, 0.05) is 23.4 Å². The van der Waals surface area contributed by atoms with Crippen molar-refractivity contribution in [1.82, 2.24) is 9.78 Å². The van der Waals surface area contributed by atoms with Gasteiger partial charge in [0.15, 0.2) is 0 Å². The molecule has 25 heavy (non-hydrogen) atoms. The molecular weight excluding hydrogens is 312 g/mol. The van der Waals surface area contributed by atoms with Gasteiger partial charge in [0.2, 0.25) is 0 Å². The van der Waals surface area contributed by atoms with Crippen molar-refractivity contribution in [2.75, 3.05) is 0 Å². The molecule has 126 valence electrons. The van der Waals surface area contributed by atoms with Gasteiger partial charge in [0.25, 0.3) is 0 Å². The van der Waals surface area contributed by atoms with Gasteiger partial charge in [-0.2, -0.15) is 5.10 Å². The third-order valence-electron chi connectivity index (χ3n) is 4.02. The van der Waals surface area contributed by atoms with E-state index in [0.29, 0.717) is 6.54 Å². The van der Waals surface area contributed by atoms with Gasteiger partial charge >= 0.3 is 5.97 Å². The van der Waals surface area contributed by atoms with Crippen LogP contribution in [0, 0.1) is 0 Å². The van der Waals surface area contributed by atoms with Gasteiger partial charge in [-0.25, -0.2) is 4.79 Å². The largest absolute Gasteiger partial charge is 0.478 e. The predicted molar refractivity (Wildman–Crippen MR) is 99.3 cm³/mol. The highest BCUT2D eigenvalue weighted by Gasteiger charge is 2.10. The molecule has 1 N–H and O–H groups in total. The molecular formula is C21H20N2O2. The van der Waals surface area contributed by atoms with Crippen molar-refractivity contribution < 1.29 is 9.90 Å². The van der Waals surface area contributed by atoms with E-state index in [2.05, 4.69) is 24.2 Å². The minimum absolute atomic E-state index is 0.641. The second-order valence-corrected chi connectivity index (χ2v) is 5.84. The quantitative estimate of drug-likeness (QED) is 0.686. The lowest BCUT2D eigenvalue weighted by molar-refractivity contribution is -0.131. The molecule has 1 heterocycles. The zero-order chi connectivity index (χ0) is 17.6. The number of hydrogen-bond donors (Lipinski definition) is 1. The molecule has 0 spiro atoms. The fourth-order valence-electron chi connectivity index (χ4n) is 2.69. The number of aromatic nitrogens is 2. The van der Waals surface area contributed by atoms with E-state index in [1.165, 1.54) is 5.56 Å². The molecule has 0 saturated heterocycles. The summed E-state index contributed by atoms with van der Waals surface area (Å²) in [5.74, 6) is -0.969. The standard InChI is InChI=1S/C21H20N2O2/c1-2-16-8-10-18(11-9-16)21-19(12-13-20(24)25)15-23(22-21)14-17-6-4-3-5-7-17/h3-13,15H,2,14H2,1H3,(H,24,25). The minimum Gasteiger partial charge on any atom is -0.478 e. The number of benzene rings is 2. The zero-order valence-electron chi connectivity index (χ0n) is 14.1. The Morgan fingerprint density at radius 1 is 1.08 bits per heavy atom. The van der Waals surface area contributed by atoms with Gasteiger partial charge in [0.05, 0.1) is 12.2 Å². The van der Waals surface area contributed by atoms with Crippen molar-refractivity contribution in [2.45, 2.75) is 19.9 Å². The van der Waals surface area contributed by atoms with Crippen LogP contribution < -0.4 is 0 Å². The monoisotopic (exact) mass is 332 g/mol. The van der Waals surface area contributed by atoms with Gasteiger partial charge in [-0.3, -0.25) is 4.68 Å². The third-order valence-corrected chi connectivity index (χ3v) is 4.02. The molecule has 0 unspecified atom stereocenters. The first-order valence-electron chi connectivity index (χ1n) is 8.27. The molecule has 3 rings (SSSR count). The van der Waals surface area contributed by atoms with Crippen molar-refractivity contribution in [3.05, 3.63) is 83.6 Å². The Balaban J connectivity index is 1.97. The number of nitrogens with zero attached hydrogens (tertiary/aromatic N) is 2. The molecule has 0 atom stereocenters. The van der Waals surface area contributed by atoms with E-state index in [1.807, 2.05) is 53.3 Å². The first-order valence-corrected chi connectivity index (χ1v) is 8.27. The Hall–Kier alpha value is -3.14. The molecule has 0 fully saturated rings. The SMILES string of the molecule is CCc1ccc(-c2nn(Cc3ccccc3)cc2C=CC(=O)O)cc1. The van der Waals surface area contributed by atoms with E-state index >= 15 is 0 Å². The van der Waals surface area contributed by atoms with Crippen LogP contribution in [-0.4, -0.2) is 20.9 Å². The summed E-state index contributed by atoms with van der Waals surface area (Å²) in [5, 5.41) is 13.6. The van der Waals surface area contributed by atoms with E-state index in [9.17, 15) is 4.79 Å². The number of carboxylic acid groups (broad SMARTS) is 1. The summed E-state index contributed by atoms with van der Waals surface area (Å²) in [6, 6.07) is 18.3. The molecule has 0 aliphatic heterocycles. The molecule has 0 amide bonds. The maximum absolute atomic E-state index is 10.9. The molecule has 0 bridgehead atoms. The maximum Gasteiger partial charge on any atom is 0.328 e.